The standard InChI is InChI=1S/C19H27N5O/c1-19(2,3)22-18(25)21-12-13-24-16-10-5-4-8-14(16)17(23-24)15-9-6-7-11-20-15/h6-7,9,11H,4-5,8,10,12-13H2,1-3H3,(H2,21,22,25). The molecule has 1 aliphatic rings. The number of carbonyl (C=O) groups is 1. The second-order valence-corrected chi connectivity index (χ2v) is 7.55. The summed E-state index contributed by atoms with van der Waals surface area (Å²) >= 11 is 0. The zero-order valence-electron chi connectivity index (χ0n) is 15.3. The Balaban J connectivity index is 1.72. The summed E-state index contributed by atoms with van der Waals surface area (Å²) in [7, 11) is 0. The van der Waals surface area contributed by atoms with Gasteiger partial charge in [0.15, 0.2) is 0 Å². The van der Waals surface area contributed by atoms with Crippen LogP contribution in [0, 0.1) is 0 Å². The zero-order valence-corrected chi connectivity index (χ0v) is 15.3. The fraction of sp³-hybridized carbons (Fsp3) is 0.526. The zero-order chi connectivity index (χ0) is 17.9. The van der Waals surface area contributed by atoms with E-state index in [2.05, 4.69) is 20.3 Å². The largest absolute Gasteiger partial charge is 0.336 e. The molecule has 6 nitrogen and oxygen atoms in total. The third-order valence-electron chi connectivity index (χ3n) is 4.26. The number of aromatic nitrogens is 3. The molecule has 134 valence electrons. The van der Waals surface area contributed by atoms with Gasteiger partial charge in [-0.25, -0.2) is 4.79 Å². The number of nitrogens with one attached hydrogen (secondary N) is 2. The van der Waals surface area contributed by atoms with Crippen molar-refractivity contribution in [3.63, 3.8) is 0 Å². The van der Waals surface area contributed by atoms with E-state index in [4.69, 9.17) is 5.10 Å². The number of hydrogen-bond acceptors (Lipinski definition) is 3. The molecule has 6 heteroatoms. The molecule has 3 rings (SSSR count). The first-order valence-corrected chi connectivity index (χ1v) is 9.00. The second kappa shape index (κ2) is 7.25. The fourth-order valence-corrected chi connectivity index (χ4v) is 3.22. The molecule has 25 heavy (non-hydrogen) atoms. The van der Waals surface area contributed by atoms with Gasteiger partial charge in [0.2, 0.25) is 0 Å². The van der Waals surface area contributed by atoms with Crippen LogP contribution in [0.2, 0.25) is 0 Å². The van der Waals surface area contributed by atoms with Crippen LogP contribution in [-0.4, -0.2) is 32.9 Å². The lowest BCUT2D eigenvalue weighted by Crippen LogP contribution is -2.47. The first kappa shape index (κ1) is 17.5. The first-order valence-electron chi connectivity index (χ1n) is 9.00. The molecule has 2 amide bonds. The number of urea groups is 1. The Morgan fingerprint density at radius 1 is 1.24 bits per heavy atom. The molecule has 1 aliphatic carbocycles. The highest BCUT2D eigenvalue weighted by Gasteiger charge is 2.22. The topological polar surface area (TPSA) is 71.8 Å². The van der Waals surface area contributed by atoms with Crippen molar-refractivity contribution in [1.29, 1.82) is 0 Å². The van der Waals surface area contributed by atoms with E-state index in [-0.39, 0.29) is 11.6 Å². The van der Waals surface area contributed by atoms with E-state index in [0.29, 0.717) is 13.1 Å². The summed E-state index contributed by atoms with van der Waals surface area (Å²) in [6.07, 6.45) is 6.30. The molecule has 0 atom stereocenters. The number of fused-ring (bicyclic) bond motifs is 1. The molecule has 2 aromatic rings. The second-order valence-electron chi connectivity index (χ2n) is 7.55. The SMILES string of the molecule is CC(C)(C)NC(=O)NCCn1nc(-c2ccccn2)c2c1CCCC2. The first-order chi connectivity index (χ1) is 11.9. The molecular formula is C19H27N5O. The Labute approximate surface area is 149 Å². The predicted molar refractivity (Wildman–Crippen MR) is 98.4 cm³/mol. The number of hydrogen-bond donors (Lipinski definition) is 2. The maximum atomic E-state index is 11.9. The lowest BCUT2D eigenvalue weighted by molar-refractivity contribution is 0.231. The summed E-state index contributed by atoms with van der Waals surface area (Å²) in [5.74, 6) is 0. The van der Waals surface area contributed by atoms with Crippen LogP contribution in [0.1, 0.15) is 44.9 Å². The lowest BCUT2D eigenvalue weighted by atomic mass is 9.95. The fourth-order valence-electron chi connectivity index (χ4n) is 3.22. The minimum absolute atomic E-state index is 0.140. The van der Waals surface area contributed by atoms with Gasteiger partial charge in [0.05, 0.1) is 12.2 Å². The van der Waals surface area contributed by atoms with Crippen LogP contribution in [0.4, 0.5) is 4.79 Å². The summed E-state index contributed by atoms with van der Waals surface area (Å²) < 4.78 is 2.05. The van der Waals surface area contributed by atoms with E-state index in [1.54, 1.807) is 0 Å². The maximum absolute atomic E-state index is 11.9. The Hall–Kier alpha value is -2.37. The normalized spacial score (nSPS) is 14.0. The summed E-state index contributed by atoms with van der Waals surface area (Å²) in [6, 6.07) is 5.79. The Morgan fingerprint density at radius 3 is 2.76 bits per heavy atom. The van der Waals surface area contributed by atoms with Gasteiger partial charge >= 0.3 is 6.03 Å². The van der Waals surface area contributed by atoms with Crippen LogP contribution in [0.25, 0.3) is 11.4 Å². The molecule has 0 bridgehead atoms. The van der Waals surface area contributed by atoms with E-state index in [9.17, 15) is 4.79 Å². The van der Waals surface area contributed by atoms with Crippen molar-refractivity contribution in [1.82, 2.24) is 25.4 Å². The van der Waals surface area contributed by atoms with E-state index in [0.717, 1.165) is 24.2 Å². The van der Waals surface area contributed by atoms with Crippen LogP contribution >= 0.6 is 0 Å². The van der Waals surface area contributed by atoms with Crippen molar-refractivity contribution in [3.05, 3.63) is 35.7 Å². The molecule has 0 unspecified atom stereocenters. The van der Waals surface area contributed by atoms with Crippen molar-refractivity contribution in [2.75, 3.05) is 6.54 Å². The smallest absolute Gasteiger partial charge is 0.315 e. The van der Waals surface area contributed by atoms with Crippen molar-refractivity contribution in [2.24, 2.45) is 0 Å². The molecule has 0 spiro atoms. The third kappa shape index (κ3) is 4.38. The molecule has 0 aliphatic heterocycles. The Morgan fingerprint density at radius 2 is 2.04 bits per heavy atom. The summed E-state index contributed by atoms with van der Waals surface area (Å²) in [5, 5.41) is 10.6. The minimum Gasteiger partial charge on any atom is -0.336 e. The van der Waals surface area contributed by atoms with Gasteiger partial charge in [0.1, 0.15) is 5.69 Å². The lowest BCUT2D eigenvalue weighted by Gasteiger charge is -2.21. The number of rotatable bonds is 4. The van der Waals surface area contributed by atoms with Gasteiger partial charge in [0.25, 0.3) is 0 Å². The molecule has 2 N–H and O–H groups in total. The van der Waals surface area contributed by atoms with E-state index < -0.39 is 0 Å². The highest BCUT2D eigenvalue weighted by atomic mass is 16.2. The predicted octanol–water partition coefficient (Wildman–Crippen LogP) is 2.92. The molecule has 2 aromatic heterocycles. The molecule has 0 fully saturated rings. The highest BCUT2D eigenvalue weighted by Crippen LogP contribution is 2.30. The molecule has 0 saturated heterocycles. The van der Waals surface area contributed by atoms with Crippen molar-refractivity contribution in [3.8, 4) is 11.4 Å². The Bertz CT molecular complexity index is 730. The van der Waals surface area contributed by atoms with Crippen molar-refractivity contribution >= 4 is 6.03 Å². The van der Waals surface area contributed by atoms with E-state index >= 15 is 0 Å². The van der Waals surface area contributed by atoms with Crippen LogP contribution in [-0.2, 0) is 19.4 Å². The van der Waals surface area contributed by atoms with E-state index in [1.165, 1.54) is 24.1 Å². The summed E-state index contributed by atoms with van der Waals surface area (Å²) in [4.78, 5) is 16.4. The van der Waals surface area contributed by atoms with Crippen molar-refractivity contribution < 1.29 is 4.79 Å². The van der Waals surface area contributed by atoms with E-state index in [1.807, 2.05) is 45.2 Å². The van der Waals surface area contributed by atoms with Gasteiger partial charge < -0.3 is 10.6 Å². The molecular weight excluding hydrogens is 314 g/mol. The average molecular weight is 341 g/mol. The number of nitrogens with zero attached hydrogens (tertiary/aromatic N) is 3. The number of pyridine rings is 1. The van der Waals surface area contributed by atoms with Crippen molar-refractivity contribution in [2.45, 2.75) is 58.5 Å². The van der Waals surface area contributed by atoms with Gasteiger partial charge in [0, 0.05) is 29.5 Å². The number of carbonyl (C=O) groups excluding carboxylic acids is 1. The third-order valence-corrected chi connectivity index (χ3v) is 4.26. The van der Waals surface area contributed by atoms with Gasteiger partial charge in [-0.1, -0.05) is 6.07 Å². The molecule has 0 radical (unpaired) electrons. The van der Waals surface area contributed by atoms with Crippen LogP contribution in [0.3, 0.4) is 0 Å². The molecule has 0 saturated carbocycles. The highest BCUT2D eigenvalue weighted by molar-refractivity contribution is 5.74. The van der Waals surface area contributed by atoms with Crippen LogP contribution in [0.15, 0.2) is 24.4 Å². The maximum Gasteiger partial charge on any atom is 0.315 e. The van der Waals surface area contributed by atoms with Gasteiger partial charge in [-0.15, -0.1) is 0 Å². The minimum atomic E-state index is -0.235. The average Bonchev–Trinajstić information content (AvgIpc) is 2.93. The Kier molecular flexibility index (Phi) is 5.06. The van der Waals surface area contributed by atoms with Gasteiger partial charge in [-0.3, -0.25) is 9.67 Å². The number of amides is 2. The molecule has 2 heterocycles. The van der Waals surface area contributed by atoms with Gasteiger partial charge in [-0.05, 0) is 58.6 Å². The monoisotopic (exact) mass is 341 g/mol. The molecule has 0 aromatic carbocycles. The quantitative estimate of drug-likeness (QED) is 0.898. The van der Waals surface area contributed by atoms with Gasteiger partial charge in [-0.2, -0.15) is 5.10 Å². The van der Waals surface area contributed by atoms with Crippen LogP contribution < -0.4 is 10.6 Å². The summed E-state index contributed by atoms with van der Waals surface area (Å²) in [6.45, 7) is 7.13. The van der Waals surface area contributed by atoms with Crippen LogP contribution in [0.5, 0.6) is 0 Å². The summed E-state index contributed by atoms with van der Waals surface area (Å²) in [5.41, 5.74) is 4.31.